The predicted molar refractivity (Wildman–Crippen MR) is 69.9 cm³/mol. The Bertz CT molecular complexity index is 454. The first-order valence-electron chi connectivity index (χ1n) is 4.90. The van der Waals surface area contributed by atoms with E-state index in [9.17, 15) is 4.79 Å². The van der Waals surface area contributed by atoms with Gasteiger partial charge in [-0.25, -0.2) is 4.79 Å². The van der Waals surface area contributed by atoms with Gasteiger partial charge in [0.25, 0.3) is 0 Å². The predicted octanol–water partition coefficient (Wildman–Crippen LogP) is 0.811. The fraction of sp³-hybridized carbons (Fsp3) is 0.182. The highest BCUT2D eigenvalue weighted by molar-refractivity contribution is 7.80. The van der Waals surface area contributed by atoms with Crippen LogP contribution in [0, 0.1) is 6.92 Å². The number of rotatable bonds is 4. The summed E-state index contributed by atoms with van der Waals surface area (Å²) in [5.74, 6) is -1.10. The Morgan fingerprint density at radius 1 is 1.47 bits per heavy atom. The molecule has 0 radical (unpaired) electrons. The minimum absolute atomic E-state index is 0.0401. The Morgan fingerprint density at radius 2 is 2.06 bits per heavy atom. The molecule has 0 atom stereocenters. The van der Waals surface area contributed by atoms with Crippen molar-refractivity contribution in [2.75, 3.05) is 0 Å². The van der Waals surface area contributed by atoms with E-state index in [0.29, 0.717) is 0 Å². The average molecular weight is 251 g/mol. The van der Waals surface area contributed by atoms with Gasteiger partial charge in [-0.2, -0.15) is 5.10 Å². The lowest BCUT2D eigenvalue weighted by molar-refractivity contribution is -0.129. The quantitative estimate of drug-likeness (QED) is 0.419. The molecule has 17 heavy (non-hydrogen) atoms. The minimum Gasteiger partial charge on any atom is -0.477 e. The number of thiocarbonyl (C=S) groups is 1. The van der Waals surface area contributed by atoms with Crippen LogP contribution in [-0.4, -0.2) is 21.9 Å². The highest BCUT2D eigenvalue weighted by atomic mass is 32.1. The molecule has 4 N–H and O–H groups in total. The van der Waals surface area contributed by atoms with Crippen molar-refractivity contribution in [1.29, 1.82) is 0 Å². The number of hydrazone groups is 1. The fourth-order valence-corrected chi connectivity index (χ4v) is 1.23. The Kier molecular flexibility index (Phi) is 4.59. The Balaban J connectivity index is 2.80. The third kappa shape index (κ3) is 4.60. The van der Waals surface area contributed by atoms with E-state index in [1.54, 1.807) is 0 Å². The number of carbonyl (C=O) groups is 1. The molecule has 1 aromatic carbocycles. The molecule has 0 heterocycles. The molecule has 0 unspecified atom stereocenters. The molecule has 6 heteroatoms. The molecule has 90 valence electrons. The van der Waals surface area contributed by atoms with Crippen molar-refractivity contribution in [1.82, 2.24) is 5.43 Å². The number of nitrogens with one attached hydrogen (secondary N) is 1. The van der Waals surface area contributed by atoms with Gasteiger partial charge in [-0.1, -0.05) is 29.8 Å². The van der Waals surface area contributed by atoms with Gasteiger partial charge in [-0.15, -0.1) is 0 Å². The summed E-state index contributed by atoms with van der Waals surface area (Å²) in [4.78, 5) is 10.9. The molecule has 0 spiro atoms. The largest absolute Gasteiger partial charge is 0.477 e. The van der Waals surface area contributed by atoms with Crippen LogP contribution in [0.4, 0.5) is 0 Å². The number of aryl methyl sites for hydroxylation is 1. The van der Waals surface area contributed by atoms with E-state index in [4.69, 9.17) is 10.8 Å². The molecule has 0 fully saturated rings. The first-order chi connectivity index (χ1) is 7.99. The number of nitrogens with zero attached hydrogens (tertiary/aromatic N) is 1. The topological polar surface area (TPSA) is 87.7 Å². The Morgan fingerprint density at radius 3 is 2.53 bits per heavy atom. The van der Waals surface area contributed by atoms with E-state index < -0.39 is 5.97 Å². The van der Waals surface area contributed by atoms with Crippen LogP contribution in [0.25, 0.3) is 0 Å². The van der Waals surface area contributed by atoms with E-state index in [1.807, 2.05) is 31.2 Å². The first-order valence-corrected chi connectivity index (χ1v) is 5.30. The number of hydrogen-bond acceptors (Lipinski definition) is 3. The molecule has 1 aromatic rings. The third-order valence-corrected chi connectivity index (χ3v) is 2.13. The van der Waals surface area contributed by atoms with Crippen molar-refractivity contribution in [3.63, 3.8) is 0 Å². The van der Waals surface area contributed by atoms with Crippen molar-refractivity contribution in [2.45, 2.75) is 13.3 Å². The monoisotopic (exact) mass is 251 g/mol. The van der Waals surface area contributed by atoms with E-state index in [-0.39, 0.29) is 17.2 Å². The fourth-order valence-electron chi connectivity index (χ4n) is 1.18. The van der Waals surface area contributed by atoms with Gasteiger partial charge in [0.15, 0.2) is 5.11 Å². The highest BCUT2D eigenvalue weighted by Gasteiger charge is 2.10. The number of carboxylic acids is 1. The summed E-state index contributed by atoms with van der Waals surface area (Å²) in [5.41, 5.74) is 9.39. The molecule has 1 rings (SSSR count). The molecular formula is C11H13N3O2S. The smallest absolute Gasteiger partial charge is 0.352 e. The normalized spacial score (nSPS) is 11.0. The molecular weight excluding hydrogens is 238 g/mol. The molecule has 0 aliphatic heterocycles. The van der Waals surface area contributed by atoms with Crippen LogP contribution in [0.5, 0.6) is 0 Å². The van der Waals surface area contributed by atoms with E-state index in [2.05, 4.69) is 22.7 Å². The van der Waals surface area contributed by atoms with Gasteiger partial charge >= 0.3 is 5.97 Å². The van der Waals surface area contributed by atoms with Gasteiger partial charge in [-0.3, -0.25) is 5.43 Å². The Labute approximate surface area is 104 Å². The van der Waals surface area contributed by atoms with Gasteiger partial charge in [0.05, 0.1) is 0 Å². The lowest BCUT2D eigenvalue weighted by atomic mass is 10.1. The number of hydrogen-bond donors (Lipinski definition) is 3. The second-order valence-corrected chi connectivity index (χ2v) is 3.94. The summed E-state index contributed by atoms with van der Waals surface area (Å²) < 4.78 is 0. The molecule has 0 aliphatic carbocycles. The molecule has 0 saturated heterocycles. The van der Waals surface area contributed by atoms with E-state index in [1.165, 1.54) is 0 Å². The summed E-state index contributed by atoms with van der Waals surface area (Å²) in [6.07, 6.45) is 0.214. The van der Waals surface area contributed by atoms with Crippen LogP contribution < -0.4 is 11.2 Å². The zero-order chi connectivity index (χ0) is 12.8. The lowest BCUT2D eigenvalue weighted by Gasteiger charge is -2.03. The molecule has 0 aromatic heterocycles. The second-order valence-electron chi connectivity index (χ2n) is 3.50. The summed E-state index contributed by atoms with van der Waals surface area (Å²) in [6, 6.07) is 7.54. The van der Waals surface area contributed by atoms with Gasteiger partial charge < -0.3 is 10.8 Å². The van der Waals surface area contributed by atoms with Crippen LogP contribution in [0.15, 0.2) is 29.4 Å². The Hall–Kier alpha value is -1.95. The van der Waals surface area contributed by atoms with Gasteiger partial charge in [0, 0.05) is 6.42 Å². The summed E-state index contributed by atoms with van der Waals surface area (Å²) in [7, 11) is 0. The number of carboxylic acid groups (broad SMARTS) is 1. The SMILES string of the molecule is Cc1ccc(CC(=NNC(N)=S)C(=O)O)cc1. The number of benzene rings is 1. The molecule has 5 nitrogen and oxygen atoms in total. The second kappa shape index (κ2) is 5.95. The molecule has 0 saturated carbocycles. The number of aliphatic carboxylic acids is 1. The number of nitrogens with two attached hydrogens (primary N) is 1. The first kappa shape index (κ1) is 13.1. The third-order valence-electron chi connectivity index (χ3n) is 2.04. The molecule has 0 aliphatic rings. The zero-order valence-corrected chi connectivity index (χ0v) is 10.1. The average Bonchev–Trinajstić information content (AvgIpc) is 2.26. The van der Waals surface area contributed by atoms with Crippen molar-refractivity contribution in [2.24, 2.45) is 10.8 Å². The lowest BCUT2D eigenvalue weighted by Crippen LogP contribution is -2.28. The van der Waals surface area contributed by atoms with Crippen molar-refractivity contribution < 1.29 is 9.90 Å². The van der Waals surface area contributed by atoms with Gasteiger partial charge in [-0.05, 0) is 24.7 Å². The maximum atomic E-state index is 10.9. The van der Waals surface area contributed by atoms with Crippen LogP contribution in [0.3, 0.4) is 0 Å². The maximum Gasteiger partial charge on any atom is 0.352 e. The van der Waals surface area contributed by atoms with Crippen molar-refractivity contribution in [3.05, 3.63) is 35.4 Å². The maximum absolute atomic E-state index is 10.9. The highest BCUT2D eigenvalue weighted by Crippen LogP contribution is 2.04. The zero-order valence-electron chi connectivity index (χ0n) is 9.30. The molecule has 0 amide bonds. The summed E-state index contributed by atoms with van der Waals surface area (Å²) >= 11 is 4.55. The van der Waals surface area contributed by atoms with Crippen LogP contribution >= 0.6 is 12.2 Å². The van der Waals surface area contributed by atoms with Crippen LogP contribution in [0.1, 0.15) is 11.1 Å². The summed E-state index contributed by atoms with van der Waals surface area (Å²) in [6.45, 7) is 1.96. The van der Waals surface area contributed by atoms with Crippen LogP contribution in [-0.2, 0) is 11.2 Å². The minimum atomic E-state index is -1.10. The van der Waals surface area contributed by atoms with Gasteiger partial charge in [0.2, 0.25) is 0 Å². The standard InChI is InChI=1S/C11H13N3O2S/c1-7-2-4-8(5-3-7)6-9(10(15)16)13-14-11(12)17/h2-5H,6H2,1H3,(H,15,16)(H3,12,14,17). The van der Waals surface area contributed by atoms with Crippen molar-refractivity contribution >= 4 is 29.0 Å². The molecule has 0 bridgehead atoms. The van der Waals surface area contributed by atoms with Crippen molar-refractivity contribution in [3.8, 4) is 0 Å². The van der Waals surface area contributed by atoms with Crippen LogP contribution in [0.2, 0.25) is 0 Å². The van der Waals surface area contributed by atoms with E-state index >= 15 is 0 Å². The summed E-state index contributed by atoms with van der Waals surface area (Å²) in [5, 5.41) is 12.5. The van der Waals surface area contributed by atoms with Gasteiger partial charge in [0.1, 0.15) is 5.71 Å². The van der Waals surface area contributed by atoms with E-state index in [0.717, 1.165) is 11.1 Å².